The third-order valence-corrected chi connectivity index (χ3v) is 2.76. The summed E-state index contributed by atoms with van der Waals surface area (Å²) >= 11 is 3.24. The molecule has 2 heterocycles. The van der Waals surface area contributed by atoms with Crippen LogP contribution in [0.2, 0.25) is 0 Å². The zero-order valence-electron chi connectivity index (χ0n) is 12.3. The molecule has 2 aromatic heterocycles. The van der Waals surface area contributed by atoms with Crippen molar-refractivity contribution in [3.8, 4) is 0 Å². The molecule has 0 saturated heterocycles. The molecule has 0 aliphatic heterocycles. The Kier molecular flexibility index (Phi) is 16.9. The van der Waals surface area contributed by atoms with Crippen molar-refractivity contribution in [3.05, 3.63) is 50.7 Å². The molecule has 133 valence electrons. The van der Waals surface area contributed by atoms with E-state index in [1.54, 1.807) is 22.7 Å². The summed E-state index contributed by atoms with van der Waals surface area (Å²) in [5, 5.41) is 48.8. The van der Waals surface area contributed by atoms with E-state index in [2.05, 4.69) is 20.4 Å². The van der Waals surface area contributed by atoms with Gasteiger partial charge in [0.25, 0.3) is 0 Å². The third kappa shape index (κ3) is 25.3. The fraction of sp³-hybridized carbons (Fsp3) is 0.500. The summed E-state index contributed by atoms with van der Waals surface area (Å²) in [7, 11) is 0. The molecule has 0 saturated carbocycles. The standard InChI is InChI=1S/2C4H6N2S.Cu.2NO3/c2*1-3-5-6-4(2)7-3;;2*2-1(3)4/h2*1-2H3;;;/q;;+2;2*-1. The van der Waals surface area contributed by atoms with E-state index in [0.717, 1.165) is 20.0 Å². The van der Waals surface area contributed by atoms with E-state index >= 15 is 0 Å². The van der Waals surface area contributed by atoms with E-state index in [1.165, 1.54) is 0 Å². The molecule has 0 fully saturated rings. The molecule has 0 atom stereocenters. The van der Waals surface area contributed by atoms with Gasteiger partial charge in [-0.25, -0.2) is 0 Å². The van der Waals surface area contributed by atoms with Gasteiger partial charge < -0.3 is 30.6 Å². The Hall–Kier alpha value is -1.96. The number of hydrogen-bond donors (Lipinski definition) is 0. The molecule has 0 aliphatic carbocycles. The Morgan fingerprint density at radius 2 is 0.783 bits per heavy atom. The van der Waals surface area contributed by atoms with Crippen LogP contribution in [0.4, 0.5) is 0 Å². The summed E-state index contributed by atoms with van der Waals surface area (Å²) in [5.74, 6) is 0. The normalized spacial score (nSPS) is 7.83. The summed E-state index contributed by atoms with van der Waals surface area (Å²) in [6.45, 7) is 7.80. The maximum atomic E-state index is 8.25. The van der Waals surface area contributed by atoms with Crippen molar-refractivity contribution in [2.24, 2.45) is 0 Å². The second kappa shape index (κ2) is 15.0. The fourth-order valence-corrected chi connectivity index (χ4v) is 1.97. The van der Waals surface area contributed by atoms with Crippen LogP contribution in [0.1, 0.15) is 20.0 Å². The van der Waals surface area contributed by atoms with Gasteiger partial charge in [-0.05, 0) is 27.7 Å². The first-order valence-electron chi connectivity index (χ1n) is 5.21. The molecular formula is C8H12CuN6O6S2. The van der Waals surface area contributed by atoms with E-state index < -0.39 is 10.2 Å². The first-order valence-corrected chi connectivity index (χ1v) is 6.84. The molecule has 0 spiro atoms. The van der Waals surface area contributed by atoms with Gasteiger partial charge in [0.05, 0.1) is 10.2 Å². The van der Waals surface area contributed by atoms with Crippen LogP contribution in [0.15, 0.2) is 0 Å². The molecule has 15 heteroatoms. The van der Waals surface area contributed by atoms with Crippen LogP contribution in [-0.2, 0) is 17.1 Å². The van der Waals surface area contributed by atoms with E-state index in [0.29, 0.717) is 0 Å². The van der Waals surface area contributed by atoms with Crippen molar-refractivity contribution < 1.29 is 27.2 Å². The van der Waals surface area contributed by atoms with Gasteiger partial charge in [-0.1, -0.05) is 0 Å². The van der Waals surface area contributed by atoms with Crippen LogP contribution in [-0.4, -0.2) is 30.6 Å². The number of aryl methyl sites for hydroxylation is 4. The Morgan fingerprint density at radius 1 is 0.652 bits per heavy atom. The predicted molar refractivity (Wildman–Crippen MR) is 79.5 cm³/mol. The minimum absolute atomic E-state index is 0. The van der Waals surface area contributed by atoms with E-state index in [-0.39, 0.29) is 17.1 Å². The molecule has 0 aromatic carbocycles. The predicted octanol–water partition coefficient (Wildman–Crippen LogP) is 1.83. The molecule has 23 heavy (non-hydrogen) atoms. The van der Waals surface area contributed by atoms with Gasteiger partial charge in [0, 0.05) is 0 Å². The van der Waals surface area contributed by atoms with Gasteiger partial charge >= 0.3 is 17.1 Å². The van der Waals surface area contributed by atoms with Crippen LogP contribution < -0.4 is 0 Å². The van der Waals surface area contributed by atoms with Crippen molar-refractivity contribution >= 4 is 22.7 Å². The van der Waals surface area contributed by atoms with Crippen LogP contribution in [0.3, 0.4) is 0 Å². The smallest absolute Gasteiger partial charge is 0.356 e. The van der Waals surface area contributed by atoms with Crippen LogP contribution >= 0.6 is 22.7 Å². The zero-order valence-corrected chi connectivity index (χ0v) is 14.8. The quantitative estimate of drug-likeness (QED) is 0.349. The van der Waals surface area contributed by atoms with Crippen molar-refractivity contribution in [1.29, 1.82) is 0 Å². The van der Waals surface area contributed by atoms with E-state index in [1.807, 2.05) is 27.7 Å². The molecule has 0 N–H and O–H groups in total. The fourth-order valence-electron chi connectivity index (χ4n) is 0.791. The Morgan fingerprint density at radius 3 is 0.826 bits per heavy atom. The van der Waals surface area contributed by atoms with Gasteiger partial charge in [-0.3, -0.25) is 0 Å². The summed E-state index contributed by atoms with van der Waals surface area (Å²) < 4.78 is 0. The molecule has 0 unspecified atom stereocenters. The maximum Gasteiger partial charge on any atom is 2.00 e. The number of aromatic nitrogens is 4. The first kappa shape index (κ1) is 26.0. The first-order chi connectivity index (χ1) is 10.0. The monoisotopic (exact) mass is 415 g/mol. The number of rotatable bonds is 0. The van der Waals surface area contributed by atoms with Crippen molar-refractivity contribution in [1.82, 2.24) is 20.4 Å². The molecule has 1 radical (unpaired) electrons. The SMILES string of the molecule is Cc1nnc(C)s1.Cc1nnc(C)s1.O=[N+]([O-])[O-].O=[N+]([O-])[O-].[Cu+2]. The molecular weight excluding hydrogens is 404 g/mol. The van der Waals surface area contributed by atoms with Crippen LogP contribution in [0, 0.1) is 58.3 Å². The van der Waals surface area contributed by atoms with Gasteiger partial charge in [-0.2, -0.15) is 0 Å². The van der Waals surface area contributed by atoms with Crippen molar-refractivity contribution in [2.45, 2.75) is 27.7 Å². The zero-order chi connectivity index (χ0) is 17.7. The largest absolute Gasteiger partial charge is 2.00 e. The third-order valence-electron chi connectivity index (χ3n) is 1.25. The molecule has 2 aromatic rings. The average molecular weight is 416 g/mol. The van der Waals surface area contributed by atoms with E-state index in [4.69, 9.17) is 30.6 Å². The summed E-state index contributed by atoms with van der Waals surface area (Å²) in [6, 6.07) is 0. The maximum absolute atomic E-state index is 8.25. The molecule has 2 rings (SSSR count). The topological polar surface area (TPSA) is 184 Å². The summed E-state index contributed by atoms with van der Waals surface area (Å²) in [6.07, 6.45) is 0. The van der Waals surface area contributed by atoms with Gasteiger partial charge in [0.2, 0.25) is 0 Å². The number of nitrogens with zero attached hydrogens (tertiary/aromatic N) is 6. The minimum atomic E-state index is -1.75. The molecule has 0 amide bonds. The van der Waals surface area contributed by atoms with Gasteiger partial charge in [0.1, 0.15) is 20.0 Å². The number of hydrogen-bond acceptors (Lipinski definition) is 12. The van der Waals surface area contributed by atoms with Crippen LogP contribution in [0.5, 0.6) is 0 Å². The summed E-state index contributed by atoms with van der Waals surface area (Å²) in [4.78, 5) is 16.5. The summed E-state index contributed by atoms with van der Waals surface area (Å²) in [5.41, 5.74) is 0. The van der Waals surface area contributed by atoms with Gasteiger partial charge in [0.15, 0.2) is 0 Å². The minimum Gasteiger partial charge on any atom is -0.356 e. The second-order valence-corrected chi connectivity index (χ2v) is 5.90. The van der Waals surface area contributed by atoms with Crippen molar-refractivity contribution in [3.63, 3.8) is 0 Å². The second-order valence-electron chi connectivity index (χ2n) is 3.13. The van der Waals surface area contributed by atoms with Crippen molar-refractivity contribution in [2.75, 3.05) is 0 Å². The van der Waals surface area contributed by atoms with Crippen LogP contribution in [0.25, 0.3) is 0 Å². The average Bonchev–Trinajstić information content (AvgIpc) is 2.86. The van der Waals surface area contributed by atoms with E-state index in [9.17, 15) is 0 Å². The molecule has 0 bridgehead atoms. The molecule has 12 nitrogen and oxygen atoms in total. The van der Waals surface area contributed by atoms with Gasteiger partial charge in [-0.15, -0.1) is 43.1 Å². The Labute approximate surface area is 148 Å². The Balaban J connectivity index is -0.000000238. The Bertz CT molecular complexity index is 488. The molecule has 0 aliphatic rings.